The average molecular weight is 483 g/mol. The van der Waals surface area contributed by atoms with Crippen LogP contribution in [0.4, 0.5) is 5.69 Å². The van der Waals surface area contributed by atoms with Gasteiger partial charge in [-0.2, -0.15) is 5.10 Å². The maximum Gasteiger partial charge on any atom is 0.296 e. The maximum absolute atomic E-state index is 12.9. The number of anilines is 1. The zero-order valence-corrected chi connectivity index (χ0v) is 19.7. The fourth-order valence-corrected chi connectivity index (χ4v) is 4.27. The number of hydrogen-bond acceptors (Lipinski definition) is 7. The fourth-order valence-electron chi connectivity index (χ4n) is 4.03. The summed E-state index contributed by atoms with van der Waals surface area (Å²) in [6.45, 7) is 5.68. The molecule has 0 saturated heterocycles. The van der Waals surface area contributed by atoms with E-state index in [4.69, 9.17) is 16.1 Å². The van der Waals surface area contributed by atoms with Gasteiger partial charge in [-0.05, 0) is 31.5 Å². The lowest BCUT2D eigenvalue weighted by molar-refractivity contribution is 0.101. The van der Waals surface area contributed by atoms with Crippen LogP contribution in [-0.2, 0) is 7.05 Å². The summed E-state index contributed by atoms with van der Waals surface area (Å²) in [6, 6.07) is 8.86. The number of hydrogen-bond donors (Lipinski definition) is 2. The van der Waals surface area contributed by atoms with Crippen molar-refractivity contribution in [2.75, 3.05) is 5.32 Å². The van der Waals surface area contributed by atoms with Crippen LogP contribution >= 0.6 is 11.6 Å². The summed E-state index contributed by atoms with van der Waals surface area (Å²) < 4.78 is 7.76. The first kappa shape index (κ1) is 23.2. The van der Waals surface area contributed by atoms with Crippen LogP contribution in [0, 0.1) is 13.8 Å². The third-order valence-electron chi connectivity index (χ3n) is 5.62. The zero-order chi connectivity index (χ0) is 24.6. The summed E-state index contributed by atoms with van der Waals surface area (Å²) in [5.41, 5.74) is 1.60. The van der Waals surface area contributed by atoms with Crippen molar-refractivity contribution in [1.29, 1.82) is 0 Å². The van der Waals surface area contributed by atoms with Crippen molar-refractivity contribution in [3.63, 3.8) is 0 Å². The number of benzene rings is 1. The fraction of sp³-hybridized carbons (Fsp3) is 0.261. The van der Waals surface area contributed by atoms with Gasteiger partial charge in [-0.15, -0.1) is 0 Å². The Hall–Kier alpha value is -3.92. The molecule has 3 heterocycles. The highest BCUT2D eigenvalue weighted by Gasteiger charge is 2.31. The van der Waals surface area contributed by atoms with Gasteiger partial charge in [0.15, 0.2) is 5.69 Å². The third kappa shape index (κ3) is 4.19. The van der Waals surface area contributed by atoms with Crippen molar-refractivity contribution in [3.05, 3.63) is 86.6 Å². The molecule has 0 bridgehead atoms. The molecule has 0 radical (unpaired) electrons. The van der Waals surface area contributed by atoms with Crippen molar-refractivity contribution < 1.29 is 14.4 Å². The van der Waals surface area contributed by atoms with E-state index in [1.54, 1.807) is 6.07 Å². The molecule has 176 valence electrons. The Morgan fingerprint density at radius 3 is 2.62 bits per heavy atom. The summed E-state index contributed by atoms with van der Waals surface area (Å²) >= 11 is 6.57. The third-order valence-corrected chi connectivity index (χ3v) is 5.96. The molecule has 0 spiro atoms. The Morgan fingerprint density at radius 1 is 1.26 bits per heavy atom. The second-order valence-electron chi connectivity index (χ2n) is 8.03. The second kappa shape index (κ2) is 9.14. The number of nitrogens with one attached hydrogen (secondary N) is 1. The van der Waals surface area contributed by atoms with Gasteiger partial charge in [0.2, 0.25) is 5.75 Å². The van der Waals surface area contributed by atoms with Gasteiger partial charge in [-0.3, -0.25) is 18.8 Å². The molecule has 4 rings (SSSR count). The van der Waals surface area contributed by atoms with Crippen LogP contribution < -0.4 is 10.9 Å². The summed E-state index contributed by atoms with van der Waals surface area (Å²) in [6.07, 6.45) is 2.51. The van der Waals surface area contributed by atoms with E-state index in [1.807, 2.05) is 49.7 Å². The van der Waals surface area contributed by atoms with Crippen LogP contribution in [0.5, 0.6) is 5.75 Å². The van der Waals surface area contributed by atoms with Crippen molar-refractivity contribution in [3.8, 4) is 5.75 Å². The highest BCUT2D eigenvalue weighted by atomic mass is 35.5. The van der Waals surface area contributed by atoms with Crippen molar-refractivity contribution in [2.24, 2.45) is 7.05 Å². The first-order chi connectivity index (χ1) is 16.2. The van der Waals surface area contributed by atoms with Crippen molar-refractivity contribution in [2.45, 2.75) is 32.7 Å². The van der Waals surface area contributed by atoms with Gasteiger partial charge in [0, 0.05) is 23.7 Å². The minimum absolute atomic E-state index is 0.262. The summed E-state index contributed by atoms with van der Waals surface area (Å²) in [5.74, 6) is -1.73. The predicted octanol–water partition coefficient (Wildman–Crippen LogP) is 3.59. The molecule has 1 amide bonds. The first-order valence-electron chi connectivity index (χ1n) is 10.5. The van der Waals surface area contributed by atoms with Crippen molar-refractivity contribution >= 4 is 23.2 Å². The predicted molar refractivity (Wildman–Crippen MR) is 125 cm³/mol. The molecule has 2 atom stereocenters. The SMILES string of the molecule is Cc1cc(C)n([C@H](c2ccccc2Cl)[C@@H](C)c2nc(C(=O)Nc3cnoc3)c(O)c(=O)n2C)n1. The molecular formula is C23H23ClN6O4. The van der Waals surface area contributed by atoms with Gasteiger partial charge in [0.05, 0.1) is 17.9 Å². The zero-order valence-electron chi connectivity index (χ0n) is 19.0. The summed E-state index contributed by atoms with van der Waals surface area (Å²) in [4.78, 5) is 30.1. The van der Waals surface area contributed by atoms with E-state index >= 15 is 0 Å². The number of aryl methyl sites for hydroxylation is 2. The molecule has 11 heteroatoms. The molecule has 10 nitrogen and oxygen atoms in total. The lowest BCUT2D eigenvalue weighted by Gasteiger charge is -2.28. The van der Waals surface area contributed by atoms with Gasteiger partial charge in [0.1, 0.15) is 17.8 Å². The smallest absolute Gasteiger partial charge is 0.296 e. The lowest BCUT2D eigenvalue weighted by atomic mass is 9.93. The first-order valence-corrected chi connectivity index (χ1v) is 10.8. The number of amides is 1. The highest BCUT2D eigenvalue weighted by Crippen LogP contribution is 2.37. The largest absolute Gasteiger partial charge is 0.501 e. The van der Waals surface area contributed by atoms with Crippen LogP contribution in [0.2, 0.25) is 5.02 Å². The topological polar surface area (TPSA) is 128 Å². The van der Waals surface area contributed by atoms with Gasteiger partial charge >= 0.3 is 0 Å². The van der Waals surface area contributed by atoms with Crippen LogP contribution in [0.15, 0.2) is 52.1 Å². The molecule has 0 unspecified atom stereocenters. The van der Waals surface area contributed by atoms with E-state index < -0.39 is 34.9 Å². The van der Waals surface area contributed by atoms with E-state index in [1.165, 1.54) is 24.1 Å². The number of carbonyl (C=O) groups excluding carboxylic acids is 1. The quantitative estimate of drug-likeness (QED) is 0.429. The molecule has 2 N–H and O–H groups in total. The number of aromatic hydroxyl groups is 1. The van der Waals surface area contributed by atoms with Gasteiger partial charge in [0.25, 0.3) is 11.5 Å². The molecular weight excluding hydrogens is 460 g/mol. The molecule has 0 aliphatic rings. The van der Waals surface area contributed by atoms with E-state index in [0.717, 1.165) is 17.0 Å². The van der Waals surface area contributed by atoms with Crippen LogP contribution in [0.3, 0.4) is 0 Å². The average Bonchev–Trinajstić information content (AvgIpc) is 3.42. The number of rotatable bonds is 6. The van der Waals surface area contributed by atoms with E-state index in [2.05, 4.69) is 20.6 Å². The van der Waals surface area contributed by atoms with Crippen molar-refractivity contribution in [1.82, 2.24) is 24.5 Å². The van der Waals surface area contributed by atoms with Crippen LogP contribution in [-0.4, -0.2) is 35.5 Å². The lowest BCUT2D eigenvalue weighted by Crippen LogP contribution is -2.31. The molecule has 34 heavy (non-hydrogen) atoms. The van der Waals surface area contributed by atoms with E-state index in [0.29, 0.717) is 5.02 Å². The van der Waals surface area contributed by atoms with Gasteiger partial charge < -0.3 is 14.9 Å². The Kier molecular flexibility index (Phi) is 6.25. The minimum atomic E-state index is -0.771. The molecule has 3 aromatic heterocycles. The molecule has 4 aromatic rings. The molecule has 0 aliphatic heterocycles. The number of carbonyl (C=O) groups is 1. The number of aromatic nitrogens is 5. The Balaban J connectivity index is 1.86. The molecule has 0 fully saturated rings. The Bertz CT molecular complexity index is 1410. The van der Waals surface area contributed by atoms with Gasteiger partial charge in [-0.1, -0.05) is 41.9 Å². The molecule has 0 saturated carbocycles. The van der Waals surface area contributed by atoms with E-state index in [9.17, 15) is 14.7 Å². The molecule has 0 aliphatic carbocycles. The number of halogens is 1. The second-order valence-corrected chi connectivity index (χ2v) is 8.43. The van der Waals surface area contributed by atoms with Gasteiger partial charge in [-0.25, -0.2) is 4.98 Å². The maximum atomic E-state index is 12.9. The standard InChI is InChI=1S/C23H23ClN6O4/c1-12-9-13(2)30(28-12)19(16-7-5-6-8-17(16)24)14(3)21-27-18(20(31)23(33)29(21)4)22(32)26-15-10-25-34-11-15/h5-11,14,19,31H,1-4H3,(H,26,32)/t14-,19+/m1/s1. The minimum Gasteiger partial charge on any atom is -0.501 e. The molecule has 1 aromatic carbocycles. The highest BCUT2D eigenvalue weighted by molar-refractivity contribution is 6.31. The van der Waals surface area contributed by atoms with Crippen LogP contribution in [0.1, 0.15) is 52.1 Å². The summed E-state index contributed by atoms with van der Waals surface area (Å²) in [7, 11) is 1.49. The van der Waals surface area contributed by atoms with E-state index in [-0.39, 0.29) is 11.5 Å². The summed E-state index contributed by atoms with van der Waals surface area (Å²) in [5, 5.41) is 21.6. The monoisotopic (exact) mass is 482 g/mol. The normalized spacial score (nSPS) is 13.0. The Labute approximate surface area is 199 Å². The Morgan fingerprint density at radius 2 is 2.00 bits per heavy atom. The number of nitrogens with zero attached hydrogens (tertiary/aromatic N) is 5. The van der Waals surface area contributed by atoms with Crippen LogP contribution in [0.25, 0.3) is 0 Å².